The number of carbonyl (C=O) groups excluding carboxylic acids is 2. The minimum atomic E-state index is -0.316. The third-order valence-electron chi connectivity index (χ3n) is 2.61. The number of rotatable bonds is 4. The molecule has 15 heavy (non-hydrogen) atoms. The average molecular weight is 214 g/mol. The number of primary amides is 1. The highest BCUT2D eigenvalue weighted by molar-refractivity contribution is 5.80. The average Bonchev–Trinajstić information content (AvgIpc) is 2.26. The van der Waals surface area contributed by atoms with E-state index < -0.39 is 0 Å². The lowest BCUT2D eigenvalue weighted by Gasteiger charge is -2.31. The molecule has 0 radical (unpaired) electrons. The van der Waals surface area contributed by atoms with Crippen LogP contribution in [0.2, 0.25) is 0 Å². The van der Waals surface area contributed by atoms with Crippen LogP contribution in [0.3, 0.4) is 0 Å². The smallest absolute Gasteiger partial charge is 0.248 e. The van der Waals surface area contributed by atoms with Crippen LogP contribution in [0.25, 0.3) is 0 Å². The predicted octanol–water partition coefficient (Wildman–Crippen LogP) is -0.253. The molecule has 2 amide bonds. The van der Waals surface area contributed by atoms with Crippen LogP contribution in [-0.4, -0.2) is 43.0 Å². The molecule has 86 valence electrons. The molecule has 1 rings (SSSR count). The lowest BCUT2D eigenvalue weighted by atomic mass is 9.97. The molecule has 5 nitrogen and oxygen atoms in total. The minimum Gasteiger partial charge on any atom is -0.372 e. The number of hydrogen-bond donors (Lipinski definition) is 1. The fraction of sp³-hybridized carbons (Fsp3) is 0.800. The molecule has 2 N–H and O–H groups in total. The van der Waals surface area contributed by atoms with Gasteiger partial charge in [-0.1, -0.05) is 0 Å². The van der Waals surface area contributed by atoms with E-state index in [4.69, 9.17) is 10.5 Å². The van der Waals surface area contributed by atoms with Gasteiger partial charge in [-0.05, 0) is 19.8 Å². The van der Waals surface area contributed by atoms with Gasteiger partial charge >= 0.3 is 0 Å². The summed E-state index contributed by atoms with van der Waals surface area (Å²) < 4.78 is 5.04. The van der Waals surface area contributed by atoms with Gasteiger partial charge in [0.2, 0.25) is 11.8 Å². The lowest BCUT2D eigenvalue weighted by molar-refractivity contribution is -0.139. The van der Waals surface area contributed by atoms with E-state index in [0.717, 1.165) is 12.8 Å². The Bertz CT molecular complexity index is 243. The fourth-order valence-electron chi connectivity index (χ4n) is 1.72. The summed E-state index contributed by atoms with van der Waals surface area (Å²) in [6.45, 7) is 3.62. The fourth-order valence-corrected chi connectivity index (χ4v) is 1.72. The van der Waals surface area contributed by atoms with Crippen molar-refractivity contribution in [2.45, 2.75) is 19.8 Å². The summed E-state index contributed by atoms with van der Waals surface area (Å²) in [6.07, 6.45) is 1.62. The van der Waals surface area contributed by atoms with Crippen LogP contribution >= 0.6 is 0 Å². The maximum Gasteiger partial charge on any atom is 0.248 e. The second-order valence-corrected chi connectivity index (χ2v) is 3.72. The summed E-state index contributed by atoms with van der Waals surface area (Å²) >= 11 is 0. The summed E-state index contributed by atoms with van der Waals surface area (Å²) in [5, 5.41) is 0. The van der Waals surface area contributed by atoms with E-state index in [1.54, 1.807) is 4.90 Å². The second kappa shape index (κ2) is 5.70. The van der Waals surface area contributed by atoms with Crippen molar-refractivity contribution in [3.8, 4) is 0 Å². The van der Waals surface area contributed by atoms with E-state index in [1.165, 1.54) is 0 Å². The Morgan fingerprint density at radius 2 is 2.27 bits per heavy atom. The van der Waals surface area contributed by atoms with Crippen molar-refractivity contribution < 1.29 is 14.3 Å². The van der Waals surface area contributed by atoms with E-state index >= 15 is 0 Å². The largest absolute Gasteiger partial charge is 0.372 e. The number of carbonyl (C=O) groups is 2. The zero-order valence-corrected chi connectivity index (χ0v) is 9.07. The Hall–Kier alpha value is -1.10. The summed E-state index contributed by atoms with van der Waals surface area (Å²) in [5.41, 5.74) is 5.22. The van der Waals surface area contributed by atoms with Crippen molar-refractivity contribution in [2.75, 3.05) is 26.3 Å². The standard InChI is InChI=1S/C10H18N2O3/c1-2-15-7-9(13)12-5-3-4-8(6-12)10(11)14/h8H,2-7H2,1H3,(H2,11,14)/t8-/m1/s1. The van der Waals surface area contributed by atoms with Crippen LogP contribution in [0.15, 0.2) is 0 Å². The number of piperidine rings is 1. The first-order valence-corrected chi connectivity index (χ1v) is 5.30. The summed E-state index contributed by atoms with van der Waals surface area (Å²) in [6, 6.07) is 0. The lowest BCUT2D eigenvalue weighted by Crippen LogP contribution is -2.45. The van der Waals surface area contributed by atoms with Crippen LogP contribution in [0.5, 0.6) is 0 Å². The molecule has 1 aliphatic heterocycles. The van der Waals surface area contributed by atoms with Crippen molar-refractivity contribution in [3.63, 3.8) is 0 Å². The third kappa shape index (κ3) is 3.51. The number of nitrogens with zero attached hydrogens (tertiary/aromatic N) is 1. The molecular formula is C10H18N2O3. The molecule has 0 spiro atoms. The van der Waals surface area contributed by atoms with Crippen LogP contribution in [-0.2, 0) is 14.3 Å². The molecule has 0 aromatic rings. The van der Waals surface area contributed by atoms with Gasteiger partial charge in [-0.3, -0.25) is 9.59 Å². The number of hydrogen-bond acceptors (Lipinski definition) is 3. The second-order valence-electron chi connectivity index (χ2n) is 3.72. The quantitative estimate of drug-likeness (QED) is 0.701. The number of nitrogens with two attached hydrogens (primary N) is 1. The Morgan fingerprint density at radius 1 is 1.53 bits per heavy atom. The molecular weight excluding hydrogens is 196 g/mol. The first-order chi connectivity index (χ1) is 7.15. The van der Waals surface area contributed by atoms with Gasteiger partial charge in [-0.15, -0.1) is 0 Å². The van der Waals surface area contributed by atoms with Crippen molar-refractivity contribution in [1.82, 2.24) is 4.90 Å². The van der Waals surface area contributed by atoms with Gasteiger partial charge in [-0.2, -0.15) is 0 Å². The van der Waals surface area contributed by atoms with Gasteiger partial charge < -0.3 is 15.4 Å². The molecule has 0 bridgehead atoms. The number of ether oxygens (including phenoxy) is 1. The van der Waals surface area contributed by atoms with Crippen molar-refractivity contribution in [3.05, 3.63) is 0 Å². The first kappa shape index (κ1) is 12.0. The summed E-state index contributed by atoms with van der Waals surface area (Å²) in [4.78, 5) is 24.2. The van der Waals surface area contributed by atoms with Crippen LogP contribution in [0.1, 0.15) is 19.8 Å². The van der Waals surface area contributed by atoms with Gasteiger partial charge in [0.1, 0.15) is 6.61 Å². The highest BCUT2D eigenvalue weighted by Gasteiger charge is 2.26. The first-order valence-electron chi connectivity index (χ1n) is 5.30. The van der Waals surface area contributed by atoms with E-state index in [1.807, 2.05) is 6.92 Å². The van der Waals surface area contributed by atoms with E-state index in [-0.39, 0.29) is 24.3 Å². The number of likely N-dealkylation sites (tertiary alicyclic amines) is 1. The summed E-state index contributed by atoms with van der Waals surface area (Å²) in [5.74, 6) is -0.559. The predicted molar refractivity (Wildman–Crippen MR) is 55.0 cm³/mol. The SMILES string of the molecule is CCOCC(=O)N1CCC[C@@H](C(N)=O)C1. The molecule has 1 aliphatic rings. The van der Waals surface area contributed by atoms with Crippen LogP contribution < -0.4 is 5.73 Å². The highest BCUT2D eigenvalue weighted by Crippen LogP contribution is 2.15. The molecule has 1 atom stereocenters. The molecule has 1 heterocycles. The van der Waals surface area contributed by atoms with Crippen LogP contribution in [0, 0.1) is 5.92 Å². The maximum absolute atomic E-state index is 11.6. The van der Waals surface area contributed by atoms with Gasteiger partial charge in [0.15, 0.2) is 0 Å². The van der Waals surface area contributed by atoms with Crippen LogP contribution in [0.4, 0.5) is 0 Å². The zero-order valence-electron chi connectivity index (χ0n) is 9.07. The van der Waals surface area contributed by atoms with Gasteiger partial charge in [-0.25, -0.2) is 0 Å². The Kier molecular flexibility index (Phi) is 4.55. The Labute approximate surface area is 89.6 Å². The van der Waals surface area contributed by atoms with Crippen molar-refractivity contribution in [1.29, 1.82) is 0 Å². The minimum absolute atomic E-state index is 0.0530. The van der Waals surface area contributed by atoms with Crippen molar-refractivity contribution in [2.24, 2.45) is 11.7 Å². The molecule has 0 aliphatic carbocycles. The Balaban J connectivity index is 2.41. The number of amides is 2. The summed E-state index contributed by atoms with van der Waals surface area (Å²) in [7, 11) is 0. The Morgan fingerprint density at radius 3 is 2.87 bits per heavy atom. The van der Waals surface area contributed by atoms with E-state index in [2.05, 4.69) is 0 Å². The van der Waals surface area contributed by atoms with Gasteiger partial charge in [0.25, 0.3) is 0 Å². The topological polar surface area (TPSA) is 72.6 Å². The highest BCUT2D eigenvalue weighted by atomic mass is 16.5. The van der Waals surface area contributed by atoms with E-state index in [9.17, 15) is 9.59 Å². The monoisotopic (exact) mass is 214 g/mol. The molecule has 0 saturated carbocycles. The maximum atomic E-state index is 11.6. The molecule has 0 aromatic carbocycles. The van der Waals surface area contributed by atoms with Crippen molar-refractivity contribution >= 4 is 11.8 Å². The zero-order chi connectivity index (χ0) is 11.3. The van der Waals surface area contributed by atoms with Gasteiger partial charge in [0, 0.05) is 19.7 Å². The molecule has 0 aromatic heterocycles. The molecule has 1 saturated heterocycles. The normalized spacial score (nSPS) is 21.4. The van der Waals surface area contributed by atoms with Gasteiger partial charge in [0.05, 0.1) is 5.92 Å². The molecule has 1 fully saturated rings. The van der Waals surface area contributed by atoms with E-state index in [0.29, 0.717) is 19.7 Å². The third-order valence-corrected chi connectivity index (χ3v) is 2.61. The molecule has 0 unspecified atom stereocenters. The molecule has 5 heteroatoms.